The largest absolute Gasteiger partial charge is 0.297 e. The zero-order chi connectivity index (χ0) is 27.8. The third-order valence-corrected chi connectivity index (χ3v) is 8.38. The van der Waals surface area contributed by atoms with Gasteiger partial charge in [0.1, 0.15) is 9.80 Å². The van der Waals surface area contributed by atoms with Gasteiger partial charge in [0.2, 0.25) is 0 Å². The number of benzene rings is 3. The van der Waals surface area contributed by atoms with Crippen LogP contribution in [0, 0.1) is 0 Å². The molecule has 0 aliphatic carbocycles. The fourth-order valence-electron chi connectivity index (χ4n) is 3.59. The van der Waals surface area contributed by atoms with Crippen molar-refractivity contribution in [2.75, 3.05) is 14.2 Å². The van der Waals surface area contributed by atoms with Crippen LogP contribution in [0.4, 0.5) is 0 Å². The van der Waals surface area contributed by atoms with E-state index in [1.807, 2.05) is 54.6 Å². The summed E-state index contributed by atoms with van der Waals surface area (Å²) in [6.45, 7) is 7.25. The van der Waals surface area contributed by atoms with Crippen molar-refractivity contribution < 1.29 is 25.2 Å². The highest BCUT2D eigenvalue weighted by Crippen LogP contribution is 2.24. The smallest absolute Gasteiger partial charge is 0.270 e. The van der Waals surface area contributed by atoms with Gasteiger partial charge in [-0.2, -0.15) is 16.8 Å². The molecule has 38 heavy (non-hydrogen) atoms. The molecular formula is C30H28O6S2. The molecule has 0 aliphatic rings. The van der Waals surface area contributed by atoms with E-state index in [1.165, 1.54) is 18.2 Å². The number of hydrogen-bond donors (Lipinski definition) is 0. The van der Waals surface area contributed by atoms with E-state index in [1.54, 1.807) is 36.4 Å². The van der Waals surface area contributed by atoms with Gasteiger partial charge in [0.25, 0.3) is 20.2 Å². The molecule has 3 aromatic rings. The Morgan fingerprint density at radius 3 is 1.74 bits per heavy atom. The third-order valence-electron chi connectivity index (χ3n) is 5.65. The summed E-state index contributed by atoms with van der Waals surface area (Å²) >= 11 is 0. The number of hydrogen-bond acceptors (Lipinski definition) is 6. The molecule has 0 radical (unpaired) electrons. The van der Waals surface area contributed by atoms with E-state index in [2.05, 4.69) is 21.5 Å². The molecule has 3 aromatic carbocycles. The van der Waals surface area contributed by atoms with Gasteiger partial charge < -0.3 is 0 Å². The van der Waals surface area contributed by atoms with Crippen molar-refractivity contribution in [1.82, 2.24) is 0 Å². The normalized spacial score (nSPS) is 13.0. The van der Waals surface area contributed by atoms with E-state index >= 15 is 0 Å². The second-order valence-electron chi connectivity index (χ2n) is 7.92. The minimum atomic E-state index is -3.90. The topological polar surface area (TPSA) is 86.7 Å². The molecule has 196 valence electrons. The lowest BCUT2D eigenvalue weighted by Gasteiger charge is -2.06. The molecule has 8 heteroatoms. The van der Waals surface area contributed by atoms with Crippen molar-refractivity contribution in [3.63, 3.8) is 0 Å². The zero-order valence-corrected chi connectivity index (χ0v) is 22.7. The lowest BCUT2D eigenvalue weighted by Crippen LogP contribution is -2.05. The van der Waals surface area contributed by atoms with Gasteiger partial charge in [0, 0.05) is 0 Å². The van der Waals surface area contributed by atoms with E-state index in [9.17, 15) is 16.8 Å². The van der Waals surface area contributed by atoms with Gasteiger partial charge in [-0.1, -0.05) is 110 Å². The Bertz CT molecular complexity index is 1610. The molecule has 0 saturated carbocycles. The SMILES string of the molecule is C=CC(/C=C/c1ccc(-c2ccc(/C=C/c3ccccc3S(=O)(=O)OC)cc2)cc1)=C(\C=C)S(=O)(=O)OC. The van der Waals surface area contributed by atoms with Crippen LogP contribution in [0.25, 0.3) is 29.4 Å². The Kier molecular flexibility index (Phi) is 9.55. The molecule has 0 spiro atoms. The highest BCUT2D eigenvalue weighted by Gasteiger charge is 2.17. The minimum Gasteiger partial charge on any atom is -0.270 e. The quantitative estimate of drug-likeness (QED) is 0.155. The van der Waals surface area contributed by atoms with Crippen molar-refractivity contribution in [3.05, 3.63) is 131 Å². The van der Waals surface area contributed by atoms with Crippen LogP contribution in [-0.4, -0.2) is 31.1 Å². The first-order chi connectivity index (χ1) is 18.1. The summed E-state index contributed by atoms with van der Waals surface area (Å²) in [6.07, 6.45) is 9.67. The van der Waals surface area contributed by atoms with E-state index in [4.69, 9.17) is 0 Å². The zero-order valence-electron chi connectivity index (χ0n) is 21.1. The summed E-state index contributed by atoms with van der Waals surface area (Å²) in [5.41, 5.74) is 4.70. The maximum Gasteiger partial charge on any atom is 0.297 e. The first-order valence-corrected chi connectivity index (χ1v) is 14.2. The monoisotopic (exact) mass is 548 g/mol. The molecule has 0 bridgehead atoms. The minimum absolute atomic E-state index is 0.0548. The Morgan fingerprint density at radius 1 is 0.684 bits per heavy atom. The van der Waals surface area contributed by atoms with Crippen LogP contribution in [0.15, 0.2) is 120 Å². The van der Waals surface area contributed by atoms with E-state index in [0.29, 0.717) is 11.1 Å². The average molecular weight is 549 g/mol. The maximum atomic E-state index is 12.1. The standard InChI is InChI=1S/C30H28O6S2/c1-5-25(29(6-2)37(31,32)35-3)17-11-23-12-18-26(19-13-23)27-20-14-24(15-21-27)16-22-28-9-7-8-10-30(28)38(33,34)36-4/h5-22H,1-2H2,3-4H3/b17-11+,22-16+,29-25-. The molecule has 0 heterocycles. The summed E-state index contributed by atoms with van der Waals surface area (Å²) < 4.78 is 57.7. The molecule has 0 aliphatic heterocycles. The fraction of sp³-hybridized carbons (Fsp3) is 0.0667. The molecule has 0 fully saturated rings. The summed E-state index contributed by atoms with van der Waals surface area (Å²) in [7, 11) is -5.47. The summed E-state index contributed by atoms with van der Waals surface area (Å²) in [4.78, 5) is 0.0575. The lowest BCUT2D eigenvalue weighted by atomic mass is 10.0. The van der Waals surface area contributed by atoms with Gasteiger partial charge in [0.15, 0.2) is 0 Å². The van der Waals surface area contributed by atoms with Gasteiger partial charge in [-0.05, 0) is 45.5 Å². The Labute approximate surface area is 224 Å². The third kappa shape index (κ3) is 6.93. The molecule has 0 N–H and O–H groups in total. The lowest BCUT2D eigenvalue weighted by molar-refractivity contribution is 0.397. The first-order valence-electron chi connectivity index (χ1n) is 11.4. The molecular weight excluding hydrogens is 520 g/mol. The Balaban J connectivity index is 1.78. The summed E-state index contributed by atoms with van der Waals surface area (Å²) in [5.74, 6) is 0. The molecule has 3 rings (SSSR count). The molecule has 0 atom stereocenters. The van der Waals surface area contributed by atoms with Crippen LogP contribution in [0.2, 0.25) is 0 Å². The predicted molar refractivity (Wildman–Crippen MR) is 154 cm³/mol. The van der Waals surface area contributed by atoms with Crippen LogP contribution in [0.1, 0.15) is 16.7 Å². The first kappa shape index (κ1) is 28.7. The van der Waals surface area contributed by atoms with E-state index in [-0.39, 0.29) is 9.80 Å². The average Bonchev–Trinajstić information content (AvgIpc) is 2.94. The molecule has 0 aromatic heterocycles. The van der Waals surface area contributed by atoms with Crippen molar-refractivity contribution in [2.45, 2.75) is 4.90 Å². The predicted octanol–water partition coefficient (Wildman–Crippen LogP) is 6.47. The second kappa shape index (κ2) is 12.6. The Hall–Kier alpha value is -3.82. The van der Waals surface area contributed by atoms with Crippen LogP contribution in [0.3, 0.4) is 0 Å². The highest BCUT2D eigenvalue weighted by atomic mass is 32.2. The van der Waals surface area contributed by atoms with Crippen molar-refractivity contribution in [3.8, 4) is 11.1 Å². The van der Waals surface area contributed by atoms with Crippen LogP contribution in [-0.2, 0) is 28.6 Å². The molecule has 0 amide bonds. The number of rotatable bonds is 11. The van der Waals surface area contributed by atoms with E-state index in [0.717, 1.165) is 36.5 Å². The molecule has 6 nitrogen and oxygen atoms in total. The van der Waals surface area contributed by atoms with Crippen LogP contribution >= 0.6 is 0 Å². The van der Waals surface area contributed by atoms with Gasteiger partial charge in [0.05, 0.1) is 14.2 Å². The van der Waals surface area contributed by atoms with Gasteiger partial charge in [-0.15, -0.1) is 0 Å². The maximum absolute atomic E-state index is 12.1. The van der Waals surface area contributed by atoms with Gasteiger partial charge >= 0.3 is 0 Å². The fourth-order valence-corrected chi connectivity index (χ4v) is 5.26. The molecule has 0 saturated heterocycles. The van der Waals surface area contributed by atoms with Crippen LogP contribution < -0.4 is 0 Å². The van der Waals surface area contributed by atoms with E-state index < -0.39 is 20.2 Å². The van der Waals surface area contributed by atoms with Crippen molar-refractivity contribution >= 4 is 38.5 Å². The Morgan fingerprint density at radius 2 is 1.24 bits per heavy atom. The summed E-state index contributed by atoms with van der Waals surface area (Å²) in [6, 6.07) is 22.3. The van der Waals surface area contributed by atoms with Gasteiger partial charge in [-0.3, -0.25) is 8.37 Å². The second-order valence-corrected chi connectivity index (χ2v) is 11.3. The van der Waals surface area contributed by atoms with Crippen molar-refractivity contribution in [1.29, 1.82) is 0 Å². The molecule has 0 unspecified atom stereocenters. The number of allylic oxidation sites excluding steroid dienone is 4. The van der Waals surface area contributed by atoms with Crippen LogP contribution in [0.5, 0.6) is 0 Å². The highest BCUT2D eigenvalue weighted by molar-refractivity contribution is 7.91. The summed E-state index contributed by atoms with van der Waals surface area (Å²) in [5, 5.41) is 0. The van der Waals surface area contributed by atoms with Crippen molar-refractivity contribution in [2.24, 2.45) is 0 Å². The van der Waals surface area contributed by atoms with Gasteiger partial charge in [-0.25, -0.2) is 0 Å².